The molecule has 1 aromatic carbocycles. The van der Waals surface area contributed by atoms with E-state index in [0.29, 0.717) is 0 Å². The van der Waals surface area contributed by atoms with E-state index in [1.165, 1.54) is 6.42 Å². The number of hydrogen-bond donors (Lipinski definition) is 0. The van der Waals surface area contributed by atoms with Crippen molar-refractivity contribution in [2.75, 3.05) is 20.2 Å². The summed E-state index contributed by atoms with van der Waals surface area (Å²) in [6, 6.07) is 9.90. The van der Waals surface area contributed by atoms with Crippen molar-refractivity contribution in [1.82, 2.24) is 4.90 Å². The van der Waals surface area contributed by atoms with Gasteiger partial charge in [0.25, 0.3) is 5.91 Å². The molecule has 0 unspecified atom stereocenters. The zero-order valence-corrected chi connectivity index (χ0v) is 13.0. The Morgan fingerprint density at radius 1 is 1.19 bits per heavy atom. The first-order valence-electron chi connectivity index (χ1n) is 7.31. The van der Waals surface area contributed by atoms with Crippen LogP contribution in [0.1, 0.15) is 29.6 Å². The van der Waals surface area contributed by atoms with Gasteiger partial charge in [0.15, 0.2) is 0 Å². The van der Waals surface area contributed by atoms with Gasteiger partial charge in [-0.2, -0.15) is 0 Å². The van der Waals surface area contributed by atoms with Crippen molar-refractivity contribution in [2.45, 2.75) is 19.3 Å². The molecular formula is C17H19NO2S. The minimum atomic E-state index is 0.159. The maximum Gasteiger partial charge on any atom is 0.254 e. The summed E-state index contributed by atoms with van der Waals surface area (Å²) >= 11 is 1.60. The number of methoxy groups -OCH3 is 1. The van der Waals surface area contributed by atoms with Crippen LogP contribution in [0, 0.1) is 0 Å². The average molecular weight is 301 g/mol. The second-order valence-corrected chi connectivity index (χ2v) is 6.16. The van der Waals surface area contributed by atoms with Crippen molar-refractivity contribution in [1.29, 1.82) is 0 Å². The molecule has 1 saturated heterocycles. The highest BCUT2D eigenvalue weighted by Gasteiger charge is 2.20. The largest absolute Gasteiger partial charge is 0.496 e. The Hall–Kier alpha value is -1.81. The summed E-state index contributed by atoms with van der Waals surface area (Å²) in [6.45, 7) is 1.78. The van der Waals surface area contributed by atoms with Gasteiger partial charge in [-0.25, -0.2) is 0 Å². The van der Waals surface area contributed by atoms with Crippen molar-refractivity contribution in [3.05, 3.63) is 41.3 Å². The number of ether oxygens (including phenoxy) is 1. The molecule has 0 aliphatic carbocycles. The van der Waals surface area contributed by atoms with Gasteiger partial charge in [-0.1, -0.05) is 12.1 Å². The second-order valence-electron chi connectivity index (χ2n) is 5.25. The normalized spacial score (nSPS) is 15.0. The fourth-order valence-electron chi connectivity index (χ4n) is 2.72. The van der Waals surface area contributed by atoms with Crippen LogP contribution in [0.25, 0.3) is 10.4 Å². The standard InChI is InChI=1S/C17H19NO2S/c1-20-15-8-4-3-7-14(15)16-11-13(12-21-16)17(19)18-9-5-2-6-10-18/h3-4,7-8,11-12H,2,5-6,9-10H2,1H3. The van der Waals surface area contributed by atoms with Crippen LogP contribution in [0.3, 0.4) is 0 Å². The molecule has 1 amide bonds. The molecule has 0 radical (unpaired) electrons. The van der Waals surface area contributed by atoms with Gasteiger partial charge in [-0.05, 0) is 37.5 Å². The van der Waals surface area contributed by atoms with E-state index in [9.17, 15) is 4.79 Å². The zero-order chi connectivity index (χ0) is 14.7. The summed E-state index contributed by atoms with van der Waals surface area (Å²) < 4.78 is 5.40. The van der Waals surface area contributed by atoms with E-state index >= 15 is 0 Å². The minimum absolute atomic E-state index is 0.159. The van der Waals surface area contributed by atoms with Crippen molar-refractivity contribution < 1.29 is 9.53 Å². The number of piperidine rings is 1. The Kier molecular flexibility index (Phi) is 4.25. The van der Waals surface area contributed by atoms with Crippen LogP contribution < -0.4 is 4.74 Å². The molecular weight excluding hydrogens is 282 g/mol. The van der Waals surface area contributed by atoms with Gasteiger partial charge in [0.05, 0.1) is 12.7 Å². The maximum atomic E-state index is 12.5. The summed E-state index contributed by atoms with van der Waals surface area (Å²) in [4.78, 5) is 15.5. The number of carbonyl (C=O) groups is 1. The van der Waals surface area contributed by atoms with Gasteiger partial charge >= 0.3 is 0 Å². The van der Waals surface area contributed by atoms with Gasteiger partial charge in [0, 0.05) is 28.9 Å². The predicted molar refractivity (Wildman–Crippen MR) is 86.1 cm³/mol. The Bertz CT molecular complexity index is 629. The Balaban J connectivity index is 1.84. The number of para-hydroxylation sites is 1. The summed E-state index contributed by atoms with van der Waals surface area (Å²) in [7, 11) is 1.67. The van der Waals surface area contributed by atoms with Crippen molar-refractivity contribution in [2.24, 2.45) is 0 Å². The number of likely N-dealkylation sites (tertiary alicyclic amines) is 1. The molecule has 4 heteroatoms. The smallest absolute Gasteiger partial charge is 0.254 e. The fraction of sp³-hybridized carbons (Fsp3) is 0.353. The van der Waals surface area contributed by atoms with Crippen LogP contribution in [0.15, 0.2) is 35.7 Å². The number of carbonyl (C=O) groups excluding carboxylic acids is 1. The van der Waals surface area contributed by atoms with Gasteiger partial charge < -0.3 is 9.64 Å². The second kappa shape index (κ2) is 6.31. The third-order valence-electron chi connectivity index (χ3n) is 3.86. The first kappa shape index (κ1) is 14.1. The van der Waals surface area contributed by atoms with E-state index in [2.05, 4.69) is 0 Å². The van der Waals surface area contributed by atoms with Crippen molar-refractivity contribution in [3.63, 3.8) is 0 Å². The van der Waals surface area contributed by atoms with E-state index < -0.39 is 0 Å². The van der Waals surface area contributed by atoms with E-state index in [1.54, 1.807) is 18.4 Å². The highest BCUT2D eigenvalue weighted by molar-refractivity contribution is 7.13. The first-order valence-corrected chi connectivity index (χ1v) is 8.19. The summed E-state index contributed by atoms with van der Waals surface area (Å²) in [5, 5.41) is 1.96. The first-order chi connectivity index (χ1) is 10.3. The molecule has 1 aliphatic heterocycles. The maximum absolute atomic E-state index is 12.5. The van der Waals surface area contributed by atoms with Crippen LogP contribution in [0.4, 0.5) is 0 Å². The van der Waals surface area contributed by atoms with Crippen molar-refractivity contribution >= 4 is 17.2 Å². The third-order valence-corrected chi connectivity index (χ3v) is 4.83. The van der Waals surface area contributed by atoms with Gasteiger partial charge in [-0.3, -0.25) is 4.79 Å². The molecule has 3 rings (SSSR count). The zero-order valence-electron chi connectivity index (χ0n) is 12.2. The van der Waals surface area contributed by atoms with Crippen LogP contribution in [0.5, 0.6) is 5.75 Å². The Morgan fingerprint density at radius 3 is 2.71 bits per heavy atom. The number of hydrogen-bond acceptors (Lipinski definition) is 3. The van der Waals surface area contributed by atoms with Crippen LogP contribution in [0.2, 0.25) is 0 Å². The summed E-state index contributed by atoms with van der Waals surface area (Å²) in [6.07, 6.45) is 3.48. The molecule has 0 saturated carbocycles. The lowest BCUT2D eigenvalue weighted by atomic mass is 10.1. The molecule has 0 bridgehead atoms. The van der Waals surface area contributed by atoms with Crippen LogP contribution in [-0.4, -0.2) is 31.0 Å². The van der Waals surface area contributed by atoms with Gasteiger partial charge in [-0.15, -0.1) is 11.3 Å². The number of amides is 1. The lowest BCUT2D eigenvalue weighted by Crippen LogP contribution is -2.35. The van der Waals surface area contributed by atoms with E-state index in [4.69, 9.17) is 4.74 Å². The van der Waals surface area contributed by atoms with E-state index in [-0.39, 0.29) is 5.91 Å². The van der Waals surface area contributed by atoms with E-state index in [1.807, 2.05) is 40.6 Å². The molecule has 0 spiro atoms. The molecule has 21 heavy (non-hydrogen) atoms. The number of benzene rings is 1. The minimum Gasteiger partial charge on any atom is -0.496 e. The SMILES string of the molecule is COc1ccccc1-c1cc(C(=O)N2CCCCC2)cs1. The molecule has 0 atom stereocenters. The Morgan fingerprint density at radius 2 is 1.95 bits per heavy atom. The van der Waals surface area contributed by atoms with Crippen LogP contribution >= 0.6 is 11.3 Å². The van der Waals surface area contributed by atoms with E-state index in [0.717, 1.165) is 47.7 Å². The fourth-order valence-corrected chi connectivity index (χ4v) is 3.63. The number of nitrogens with zero attached hydrogens (tertiary/aromatic N) is 1. The third kappa shape index (κ3) is 2.95. The average Bonchev–Trinajstić information content (AvgIpc) is 3.04. The number of rotatable bonds is 3. The molecule has 1 fully saturated rings. The molecule has 1 aromatic heterocycles. The molecule has 1 aliphatic rings. The highest BCUT2D eigenvalue weighted by Crippen LogP contribution is 2.34. The lowest BCUT2D eigenvalue weighted by Gasteiger charge is -2.26. The summed E-state index contributed by atoms with van der Waals surface area (Å²) in [5.74, 6) is 1.00. The molecule has 3 nitrogen and oxygen atoms in total. The molecule has 110 valence electrons. The number of thiophene rings is 1. The van der Waals surface area contributed by atoms with Crippen molar-refractivity contribution in [3.8, 4) is 16.2 Å². The Labute approximate surface area is 129 Å². The molecule has 2 heterocycles. The van der Waals surface area contributed by atoms with Crippen LogP contribution in [-0.2, 0) is 0 Å². The highest BCUT2D eigenvalue weighted by atomic mass is 32.1. The molecule has 0 N–H and O–H groups in total. The quantitative estimate of drug-likeness (QED) is 0.856. The monoisotopic (exact) mass is 301 g/mol. The van der Waals surface area contributed by atoms with Gasteiger partial charge in [0.1, 0.15) is 5.75 Å². The topological polar surface area (TPSA) is 29.5 Å². The van der Waals surface area contributed by atoms with Gasteiger partial charge in [0.2, 0.25) is 0 Å². The molecule has 2 aromatic rings. The predicted octanol–water partition coefficient (Wildman–Crippen LogP) is 4.05. The lowest BCUT2D eigenvalue weighted by molar-refractivity contribution is 0.0725. The summed E-state index contributed by atoms with van der Waals surface area (Å²) in [5.41, 5.74) is 1.84.